The van der Waals surface area contributed by atoms with Gasteiger partial charge in [-0.15, -0.1) is 0 Å². The number of carbonyl (C=O) groups is 1. The van der Waals surface area contributed by atoms with Gasteiger partial charge < -0.3 is 15.8 Å². The molecule has 2 atom stereocenters. The van der Waals surface area contributed by atoms with Crippen LogP contribution in [0.2, 0.25) is 0 Å². The minimum atomic E-state index is -0.412. The van der Waals surface area contributed by atoms with E-state index in [0.717, 1.165) is 12.8 Å². The van der Waals surface area contributed by atoms with Crippen LogP contribution in [0.15, 0.2) is 12.3 Å². The van der Waals surface area contributed by atoms with E-state index in [1.165, 1.54) is 0 Å². The molecule has 0 saturated heterocycles. The molecule has 0 aliphatic carbocycles. The highest BCUT2D eigenvalue weighted by Gasteiger charge is 2.16. The molecule has 3 N–H and O–H groups in total. The van der Waals surface area contributed by atoms with E-state index < -0.39 is 5.97 Å². The van der Waals surface area contributed by atoms with Crippen LogP contribution in [0.25, 0.3) is 0 Å². The van der Waals surface area contributed by atoms with Crippen molar-refractivity contribution < 1.29 is 9.53 Å². The van der Waals surface area contributed by atoms with Crippen molar-refractivity contribution in [3.05, 3.63) is 17.8 Å². The summed E-state index contributed by atoms with van der Waals surface area (Å²) in [5.41, 5.74) is 6.71. The lowest BCUT2D eigenvalue weighted by atomic mass is 10.0. The number of carbonyl (C=O) groups excluding carboxylic acids is 1. The maximum Gasteiger partial charge on any atom is 0.340 e. The number of esters is 1. The third-order valence-electron chi connectivity index (χ3n) is 3.32. The third kappa shape index (κ3) is 4.40. The van der Waals surface area contributed by atoms with E-state index >= 15 is 0 Å². The van der Waals surface area contributed by atoms with E-state index in [1.54, 1.807) is 19.2 Å². The largest absolute Gasteiger partial charge is 0.462 e. The fourth-order valence-electron chi connectivity index (χ4n) is 2.04. The number of hydrogen-bond acceptors (Lipinski definition) is 5. The SMILES string of the molecule is CCOC(=O)c1ccnc(NC(C)CC(C)CC)c1N. The lowest BCUT2D eigenvalue weighted by Gasteiger charge is -2.19. The third-order valence-corrected chi connectivity index (χ3v) is 3.32. The van der Waals surface area contributed by atoms with Crippen molar-refractivity contribution in [2.75, 3.05) is 17.7 Å². The summed E-state index contributed by atoms with van der Waals surface area (Å²) >= 11 is 0. The van der Waals surface area contributed by atoms with E-state index in [4.69, 9.17) is 10.5 Å². The van der Waals surface area contributed by atoms with Crippen LogP contribution in [0.5, 0.6) is 0 Å². The number of nitrogens with two attached hydrogens (primary N) is 1. The second-order valence-electron chi connectivity index (χ2n) is 5.14. The van der Waals surface area contributed by atoms with Crippen LogP contribution < -0.4 is 11.1 Å². The van der Waals surface area contributed by atoms with Gasteiger partial charge in [-0.1, -0.05) is 20.3 Å². The average molecular weight is 279 g/mol. The molecule has 0 amide bonds. The number of ether oxygens (including phenoxy) is 1. The standard InChI is InChI=1S/C15H25N3O2/c1-5-10(3)9-11(4)18-14-13(16)12(7-8-17-14)15(19)20-6-2/h7-8,10-11H,5-6,9,16H2,1-4H3,(H,17,18). The van der Waals surface area contributed by atoms with Crippen LogP contribution >= 0.6 is 0 Å². The molecule has 0 spiro atoms. The van der Waals surface area contributed by atoms with Gasteiger partial charge in [-0.2, -0.15) is 0 Å². The summed E-state index contributed by atoms with van der Waals surface area (Å²) in [6, 6.07) is 1.83. The molecule has 20 heavy (non-hydrogen) atoms. The Hall–Kier alpha value is -1.78. The normalized spacial score (nSPS) is 13.6. The Balaban J connectivity index is 2.81. The zero-order valence-corrected chi connectivity index (χ0v) is 12.8. The molecule has 1 heterocycles. The quantitative estimate of drug-likeness (QED) is 0.750. The predicted molar refractivity (Wildman–Crippen MR) is 81.8 cm³/mol. The number of rotatable bonds is 7. The van der Waals surface area contributed by atoms with E-state index in [2.05, 4.69) is 31.1 Å². The fourth-order valence-corrected chi connectivity index (χ4v) is 2.04. The molecular formula is C15H25N3O2. The highest BCUT2D eigenvalue weighted by atomic mass is 16.5. The smallest absolute Gasteiger partial charge is 0.340 e. The number of nitrogens with zero attached hydrogens (tertiary/aromatic N) is 1. The maximum atomic E-state index is 11.8. The van der Waals surface area contributed by atoms with Crippen LogP contribution in [-0.2, 0) is 4.74 Å². The van der Waals surface area contributed by atoms with Gasteiger partial charge in [0.05, 0.1) is 17.9 Å². The summed E-state index contributed by atoms with van der Waals surface area (Å²) in [5.74, 6) is 0.767. The molecular weight excluding hydrogens is 254 g/mol. The zero-order chi connectivity index (χ0) is 15.1. The molecule has 0 aliphatic rings. The summed E-state index contributed by atoms with van der Waals surface area (Å²) < 4.78 is 4.98. The first-order chi connectivity index (χ1) is 9.49. The van der Waals surface area contributed by atoms with Crippen molar-refractivity contribution in [2.24, 2.45) is 5.92 Å². The van der Waals surface area contributed by atoms with Crippen molar-refractivity contribution in [2.45, 2.75) is 46.6 Å². The Bertz CT molecular complexity index is 449. The van der Waals surface area contributed by atoms with Gasteiger partial charge >= 0.3 is 5.97 Å². The minimum absolute atomic E-state index is 0.247. The van der Waals surface area contributed by atoms with Gasteiger partial charge in [0.2, 0.25) is 0 Å². The molecule has 0 fully saturated rings. The predicted octanol–water partition coefficient (Wildman–Crippen LogP) is 3.08. The van der Waals surface area contributed by atoms with E-state index in [9.17, 15) is 4.79 Å². The summed E-state index contributed by atoms with van der Waals surface area (Å²) in [6.45, 7) is 8.57. The first kappa shape index (κ1) is 16.3. The molecule has 5 nitrogen and oxygen atoms in total. The Labute approximate surface area is 120 Å². The van der Waals surface area contributed by atoms with Crippen molar-refractivity contribution in [3.63, 3.8) is 0 Å². The number of hydrogen-bond donors (Lipinski definition) is 2. The lowest BCUT2D eigenvalue weighted by molar-refractivity contribution is 0.0527. The molecule has 112 valence electrons. The number of anilines is 2. The van der Waals surface area contributed by atoms with Crippen LogP contribution in [0, 0.1) is 5.92 Å². The first-order valence-corrected chi connectivity index (χ1v) is 7.17. The summed E-state index contributed by atoms with van der Waals surface area (Å²) in [4.78, 5) is 16.0. The molecule has 0 radical (unpaired) electrons. The molecule has 0 aliphatic heterocycles. The van der Waals surface area contributed by atoms with Crippen LogP contribution in [0.4, 0.5) is 11.5 Å². The van der Waals surface area contributed by atoms with Gasteiger partial charge in [-0.25, -0.2) is 9.78 Å². The molecule has 1 aromatic rings. The van der Waals surface area contributed by atoms with Crippen LogP contribution in [-0.4, -0.2) is 23.6 Å². The maximum absolute atomic E-state index is 11.8. The van der Waals surface area contributed by atoms with E-state index in [-0.39, 0.29) is 6.04 Å². The van der Waals surface area contributed by atoms with Crippen molar-refractivity contribution in [1.29, 1.82) is 0 Å². The topological polar surface area (TPSA) is 77.2 Å². The molecule has 2 unspecified atom stereocenters. The average Bonchev–Trinajstić information content (AvgIpc) is 2.41. The number of aromatic nitrogens is 1. The van der Waals surface area contributed by atoms with Crippen molar-refractivity contribution in [1.82, 2.24) is 4.98 Å². The molecule has 1 rings (SSSR count). The van der Waals surface area contributed by atoms with Gasteiger partial charge in [0, 0.05) is 12.2 Å². The Morgan fingerprint density at radius 2 is 2.15 bits per heavy atom. The highest BCUT2D eigenvalue weighted by Crippen LogP contribution is 2.23. The minimum Gasteiger partial charge on any atom is -0.462 e. The van der Waals surface area contributed by atoms with Crippen molar-refractivity contribution in [3.8, 4) is 0 Å². The van der Waals surface area contributed by atoms with E-state index in [1.807, 2.05) is 0 Å². The fraction of sp³-hybridized carbons (Fsp3) is 0.600. The number of pyridine rings is 1. The van der Waals surface area contributed by atoms with Gasteiger partial charge in [-0.05, 0) is 32.3 Å². The number of nitrogen functional groups attached to an aromatic ring is 1. The Morgan fingerprint density at radius 3 is 2.75 bits per heavy atom. The molecule has 5 heteroatoms. The highest BCUT2D eigenvalue weighted by molar-refractivity contribution is 5.97. The summed E-state index contributed by atoms with van der Waals surface area (Å²) in [7, 11) is 0. The molecule has 1 aromatic heterocycles. The Morgan fingerprint density at radius 1 is 1.45 bits per heavy atom. The second-order valence-corrected chi connectivity index (χ2v) is 5.14. The molecule has 0 saturated carbocycles. The van der Waals surface area contributed by atoms with E-state index in [0.29, 0.717) is 29.6 Å². The lowest BCUT2D eigenvalue weighted by Crippen LogP contribution is -2.21. The summed E-state index contributed by atoms with van der Waals surface area (Å²) in [6.07, 6.45) is 3.74. The molecule has 0 aromatic carbocycles. The van der Waals surface area contributed by atoms with Crippen LogP contribution in [0.3, 0.4) is 0 Å². The van der Waals surface area contributed by atoms with Gasteiger partial charge in [0.15, 0.2) is 0 Å². The first-order valence-electron chi connectivity index (χ1n) is 7.17. The zero-order valence-electron chi connectivity index (χ0n) is 12.8. The number of nitrogens with one attached hydrogen (secondary N) is 1. The summed E-state index contributed by atoms with van der Waals surface area (Å²) in [5, 5.41) is 3.27. The molecule has 0 bridgehead atoms. The van der Waals surface area contributed by atoms with Crippen LogP contribution in [0.1, 0.15) is 50.9 Å². The van der Waals surface area contributed by atoms with Gasteiger partial charge in [0.1, 0.15) is 5.82 Å². The van der Waals surface area contributed by atoms with Gasteiger partial charge in [-0.3, -0.25) is 0 Å². The second kappa shape index (κ2) is 7.72. The van der Waals surface area contributed by atoms with Gasteiger partial charge in [0.25, 0.3) is 0 Å². The monoisotopic (exact) mass is 279 g/mol. The van der Waals surface area contributed by atoms with Crippen molar-refractivity contribution >= 4 is 17.5 Å². The Kier molecular flexibility index (Phi) is 6.28.